The minimum atomic E-state index is -0.201. The summed E-state index contributed by atoms with van der Waals surface area (Å²) >= 11 is 0. The van der Waals surface area contributed by atoms with Crippen LogP contribution in [0.2, 0.25) is 0 Å². The number of carbonyl (C=O) groups excluding carboxylic acids is 1. The van der Waals surface area contributed by atoms with Crippen LogP contribution in [0.4, 0.5) is 0 Å². The Hall–Kier alpha value is -3.34. The largest absolute Gasteiger partial charge is 0.273 e. The van der Waals surface area contributed by atoms with E-state index in [1.165, 1.54) is 11.2 Å². The molecule has 1 amide bonds. The molecule has 2 aromatic rings. The van der Waals surface area contributed by atoms with E-state index in [1.54, 1.807) is 29.5 Å². The number of hydrogen-bond donors (Lipinski definition) is 0. The number of carbonyl (C=O) groups is 1. The van der Waals surface area contributed by atoms with Crippen molar-refractivity contribution in [2.75, 3.05) is 0 Å². The third-order valence-corrected chi connectivity index (χ3v) is 4.04. The topological polar surface area (TPSA) is 100 Å². The van der Waals surface area contributed by atoms with E-state index in [2.05, 4.69) is 26.7 Å². The summed E-state index contributed by atoms with van der Waals surface area (Å²) in [5.74, 6) is -0.0774. The Morgan fingerprint density at radius 1 is 1.38 bits per heavy atom. The first-order valence-corrected chi connectivity index (χ1v) is 8.29. The Morgan fingerprint density at radius 3 is 2.96 bits per heavy atom. The summed E-state index contributed by atoms with van der Waals surface area (Å²) in [7, 11) is 0. The first-order chi connectivity index (χ1) is 12.6. The van der Waals surface area contributed by atoms with E-state index >= 15 is 0 Å². The molecule has 0 N–H and O–H groups in total. The van der Waals surface area contributed by atoms with Gasteiger partial charge in [-0.1, -0.05) is 12.2 Å². The van der Waals surface area contributed by atoms with Gasteiger partial charge in [0.05, 0.1) is 35.9 Å². The number of allylic oxidation sites excluding steroid dienone is 1. The maximum Gasteiger partial charge on any atom is 0.243 e. The number of hydrogen-bond acceptors (Lipinski definition) is 6. The fourth-order valence-electron chi connectivity index (χ4n) is 2.76. The van der Waals surface area contributed by atoms with Gasteiger partial charge in [0.1, 0.15) is 12.1 Å². The molecule has 1 aliphatic rings. The average Bonchev–Trinajstić information content (AvgIpc) is 3.29. The van der Waals surface area contributed by atoms with Gasteiger partial charge in [0.25, 0.3) is 0 Å². The lowest BCUT2D eigenvalue weighted by Gasteiger charge is -2.21. The normalized spacial score (nSPS) is 15.8. The van der Waals surface area contributed by atoms with Gasteiger partial charge in [-0.05, 0) is 13.3 Å². The number of nitrogens with zero attached hydrogens (tertiary/aromatic N) is 7. The molecule has 1 unspecified atom stereocenters. The summed E-state index contributed by atoms with van der Waals surface area (Å²) in [5, 5.41) is 18.6. The van der Waals surface area contributed by atoms with Crippen LogP contribution in [0.5, 0.6) is 0 Å². The first-order valence-electron chi connectivity index (χ1n) is 8.29. The van der Waals surface area contributed by atoms with Crippen LogP contribution in [0.25, 0.3) is 0 Å². The number of hydrazone groups is 1. The molecule has 0 aliphatic carbocycles. The van der Waals surface area contributed by atoms with Gasteiger partial charge in [0, 0.05) is 31.4 Å². The van der Waals surface area contributed by atoms with Crippen LogP contribution in [0.1, 0.15) is 42.3 Å². The van der Waals surface area contributed by atoms with Crippen LogP contribution >= 0.6 is 0 Å². The molecule has 0 fully saturated rings. The van der Waals surface area contributed by atoms with E-state index < -0.39 is 0 Å². The van der Waals surface area contributed by atoms with Crippen molar-refractivity contribution in [2.45, 2.75) is 38.8 Å². The molecular formula is C18H19N7O. The van der Waals surface area contributed by atoms with Crippen molar-refractivity contribution in [3.8, 4) is 6.07 Å². The van der Waals surface area contributed by atoms with Gasteiger partial charge in [-0.2, -0.15) is 15.5 Å². The Morgan fingerprint density at radius 2 is 2.23 bits per heavy atom. The maximum absolute atomic E-state index is 12.6. The molecule has 0 aromatic carbocycles. The maximum atomic E-state index is 12.6. The summed E-state index contributed by atoms with van der Waals surface area (Å²) in [6, 6.07) is 1.83. The second-order valence-electron chi connectivity index (χ2n) is 6.16. The highest BCUT2D eigenvalue weighted by Crippen LogP contribution is 2.27. The predicted molar refractivity (Wildman–Crippen MR) is 94.8 cm³/mol. The lowest BCUT2D eigenvalue weighted by atomic mass is 10.1. The van der Waals surface area contributed by atoms with Crippen LogP contribution in [0, 0.1) is 18.3 Å². The molecule has 0 bridgehead atoms. The lowest BCUT2D eigenvalue weighted by molar-refractivity contribution is -0.133. The third-order valence-electron chi connectivity index (χ3n) is 4.04. The summed E-state index contributed by atoms with van der Waals surface area (Å²) in [6.45, 7) is 6.34. The van der Waals surface area contributed by atoms with E-state index in [9.17, 15) is 4.79 Å². The van der Waals surface area contributed by atoms with E-state index in [-0.39, 0.29) is 11.9 Å². The zero-order chi connectivity index (χ0) is 18.5. The quantitative estimate of drug-likeness (QED) is 0.744. The molecule has 0 saturated heterocycles. The monoisotopic (exact) mass is 349 g/mol. The van der Waals surface area contributed by atoms with Gasteiger partial charge in [0.2, 0.25) is 5.91 Å². The van der Waals surface area contributed by atoms with Gasteiger partial charge in [0.15, 0.2) is 0 Å². The van der Waals surface area contributed by atoms with Crippen molar-refractivity contribution in [3.63, 3.8) is 0 Å². The van der Waals surface area contributed by atoms with Gasteiger partial charge in [-0.15, -0.1) is 0 Å². The summed E-state index contributed by atoms with van der Waals surface area (Å²) in [5.41, 5.74) is 2.92. The minimum Gasteiger partial charge on any atom is -0.273 e. The van der Waals surface area contributed by atoms with E-state index in [0.717, 1.165) is 17.0 Å². The predicted octanol–water partition coefficient (Wildman–Crippen LogP) is 2.15. The zero-order valence-electron chi connectivity index (χ0n) is 14.5. The molecule has 0 radical (unpaired) electrons. The van der Waals surface area contributed by atoms with Crippen molar-refractivity contribution in [2.24, 2.45) is 5.10 Å². The smallest absolute Gasteiger partial charge is 0.243 e. The molecule has 132 valence electrons. The van der Waals surface area contributed by atoms with Crippen molar-refractivity contribution >= 4 is 12.1 Å². The molecular weight excluding hydrogens is 330 g/mol. The first kappa shape index (κ1) is 17.5. The van der Waals surface area contributed by atoms with Crippen molar-refractivity contribution in [1.82, 2.24) is 24.8 Å². The Kier molecular flexibility index (Phi) is 5.17. The number of rotatable bonds is 6. The van der Waals surface area contributed by atoms with Crippen LogP contribution in [-0.2, 0) is 11.3 Å². The molecule has 1 atom stereocenters. The SMILES string of the molecule is C=C(CCC(=O)N1N=CCC1c1cncc(C)n1)Cn1cc(C#N)cn1. The fraction of sp³-hybridized carbons (Fsp3) is 0.333. The number of amides is 1. The molecule has 1 aliphatic heterocycles. The molecule has 0 spiro atoms. The highest BCUT2D eigenvalue weighted by atomic mass is 16.2. The van der Waals surface area contributed by atoms with Gasteiger partial charge < -0.3 is 0 Å². The standard InChI is InChI=1S/C18H19N7O/c1-13(11-24-12-15(7-19)9-22-24)3-4-18(26)25-17(5-6-21-25)16-10-20-8-14(2)23-16/h6,8-10,12,17H,1,3-5,11H2,2H3. The Labute approximate surface area is 151 Å². The lowest BCUT2D eigenvalue weighted by Crippen LogP contribution is -2.27. The molecule has 3 rings (SSSR count). The van der Waals surface area contributed by atoms with E-state index in [1.807, 2.05) is 13.0 Å². The van der Waals surface area contributed by atoms with Crippen LogP contribution in [-0.4, -0.2) is 36.9 Å². The number of aryl methyl sites for hydroxylation is 1. The van der Waals surface area contributed by atoms with E-state index in [4.69, 9.17) is 5.26 Å². The summed E-state index contributed by atoms with van der Waals surface area (Å²) in [4.78, 5) is 21.2. The molecule has 3 heterocycles. The minimum absolute atomic E-state index is 0.0774. The second-order valence-corrected chi connectivity index (χ2v) is 6.16. The van der Waals surface area contributed by atoms with Crippen molar-refractivity contribution in [1.29, 1.82) is 5.26 Å². The Bertz CT molecular complexity index is 893. The number of aromatic nitrogens is 4. The van der Waals surface area contributed by atoms with Crippen LogP contribution in [0.15, 0.2) is 42.0 Å². The summed E-state index contributed by atoms with van der Waals surface area (Å²) in [6.07, 6.45) is 9.72. The molecule has 8 heteroatoms. The Balaban J connectivity index is 1.56. The zero-order valence-corrected chi connectivity index (χ0v) is 14.5. The number of nitriles is 1. The fourth-order valence-corrected chi connectivity index (χ4v) is 2.76. The molecule has 26 heavy (non-hydrogen) atoms. The van der Waals surface area contributed by atoms with Gasteiger partial charge >= 0.3 is 0 Å². The van der Waals surface area contributed by atoms with Crippen molar-refractivity contribution in [3.05, 3.63) is 53.9 Å². The van der Waals surface area contributed by atoms with Gasteiger partial charge in [-0.25, -0.2) is 5.01 Å². The highest BCUT2D eigenvalue weighted by molar-refractivity contribution is 5.79. The third kappa shape index (κ3) is 4.00. The summed E-state index contributed by atoms with van der Waals surface area (Å²) < 4.78 is 1.64. The van der Waals surface area contributed by atoms with Crippen LogP contribution < -0.4 is 0 Å². The van der Waals surface area contributed by atoms with Crippen molar-refractivity contribution < 1.29 is 4.79 Å². The molecule has 2 aromatic heterocycles. The molecule has 0 saturated carbocycles. The van der Waals surface area contributed by atoms with Gasteiger partial charge in [-0.3, -0.25) is 19.4 Å². The van der Waals surface area contributed by atoms with Crippen LogP contribution in [0.3, 0.4) is 0 Å². The molecule has 8 nitrogen and oxygen atoms in total. The highest BCUT2D eigenvalue weighted by Gasteiger charge is 2.29. The average molecular weight is 349 g/mol. The van der Waals surface area contributed by atoms with E-state index in [0.29, 0.717) is 31.4 Å². The second kappa shape index (κ2) is 7.70.